The Bertz CT molecular complexity index is 590. The van der Waals surface area contributed by atoms with Crippen LogP contribution in [-0.2, 0) is 4.79 Å². The lowest BCUT2D eigenvalue weighted by Crippen LogP contribution is -2.03. The van der Waals surface area contributed by atoms with Crippen LogP contribution in [0.15, 0.2) is 48.5 Å². The largest absolute Gasteiger partial charge is 0.496 e. The van der Waals surface area contributed by atoms with Crippen LogP contribution in [0.1, 0.15) is 24.8 Å². The van der Waals surface area contributed by atoms with Crippen molar-refractivity contribution < 1.29 is 14.6 Å². The van der Waals surface area contributed by atoms with Crippen LogP contribution < -0.4 is 4.74 Å². The normalized spacial score (nSPS) is 11.9. The highest BCUT2D eigenvalue weighted by molar-refractivity contribution is 5.72. The van der Waals surface area contributed by atoms with E-state index in [2.05, 4.69) is 0 Å². The van der Waals surface area contributed by atoms with E-state index >= 15 is 0 Å². The summed E-state index contributed by atoms with van der Waals surface area (Å²) in [6.45, 7) is 1.92. The summed E-state index contributed by atoms with van der Waals surface area (Å²) in [5.74, 6) is -0.0158. The Hall–Kier alpha value is -2.29. The van der Waals surface area contributed by atoms with Gasteiger partial charge < -0.3 is 9.84 Å². The molecule has 2 aromatic rings. The Balaban J connectivity index is 2.42. The quantitative estimate of drug-likeness (QED) is 0.895. The van der Waals surface area contributed by atoms with E-state index < -0.39 is 5.97 Å². The van der Waals surface area contributed by atoms with E-state index in [1.54, 1.807) is 7.11 Å². The maximum Gasteiger partial charge on any atom is 0.303 e. The van der Waals surface area contributed by atoms with Gasteiger partial charge in [0.2, 0.25) is 0 Å². The minimum atomic E-state index is -0.783. The van der Waals surface area contributed by atoms with Gasteiger partial charge in [-0.15, -0.1) is 0 Å². The lowest BCUT2D eigenvalue weighted by Gasteiger charge is -2.14. The zero-order valence-electron chi connectivity index (χ0n) is 11.7. The Morgan fingerprint density at radius 2 is 1.90 bits per heavy atom. The maximum atomic E-state index is 10.8. The van der Waals surface area contributed by atoms with Crippen molar-refractivity contribution in [3.05, 3.63) is 54.1 Å². The molecular formula is C17H18O3. The van der Waals surface area contributed by atoms with Crippen molar-refractivity contribution in [1.29, 1.82) is 0 Å². The molecule has 0 saturated carbocycles. The number of carbonyl (C=O) groups is 1. The monoisotopic (exact) mass is 270 g/mol. The third kappa shape index (κ3) is 3.18. The minimum Gasteiger partial charge on any atom is -0.496 e. The van der Waals surface area contributed by atoms with Gasteiger partial charge in [-0.05, 0) is 29.2 Å². The van der Waals surface area contributed by atoms with Gasteiger partial charge >= 0.3 is 5.97 Å². The molecule has 1 unspecified atom stereocenters. The van der Waals surface area contributed by atoms with E-state index in [0.717, 1.165) is 22.4 Å². The second kappa shape index (κ2) is 6.24. The van der Waals surface area contributed by atoms with E-state index in [1.807, 2.05) is 55.5 Å². The third-order valence-corrected chi connectivity index (χ3v) is 3.36. The van der Waals surface area contributed by atoms with Crippen molar-refractivity contribution in [3.8, 4) is 16.9 Å². The first-order chi connectivity index (χ1) is 9.61. The fourth-order valence-corrected chi connectivity index (χ4v) is 2.26. The van der Waals surface area contributed by atoms with E-state index in [9.17, 15) is 4.79 Å². The van der Waals surface area contributed by atoms with Gasteiger partial charge in [0.15, 0.2) is 0 Å². The number of rotatable bonds is 5. The molecule has 1 N–H and O–H groups in total. The number of hydrogen-bond acceptors (Lipinski definition) is 2. The molecule has 0 aliphatic rings. The highest BCUT2D eigenvalue weighted by atomic mass is 16.5. The molecule has 0 aromatic heterocycles. The highest BCUT2D eigenvalue weighted by Gasteiger charge is 2.13. The van der Waals surface area contributed by atoms with Crippen LogP contribution in [0.5, 0.6) is 5.75 Å². The lowest BCUT2D eigenvalue weighted by atomic mass is 9.93. The third-order valence-electron chi connectivity index (χ3n) is 3.36. The summed E-state index contributed by atoms with van der Waals surface area (Å²) in [4.78, 5) is 10.8. The first kappa shape index (κ1) is 14.1. The summed E-state index contributed by atoms with van der Waals surface area (Å²) in [5, 5.41) is 8.91. The average Bonchev–Trinajstić information content (AvgIpc) is 2.46. The molecule has 0 aliphatic heterocycles. The average molecular weight is 270 g/mol. The van der Waals surface area contributed by atoms with E-state index in [-0.39, 0.29) is 12.3 Å². The summed E-state index contributed by atoms with van der Waals surface area (Å²) in [6, 6.07) is 15.8. The molecule has 2 rings (SSSR count). The summed E-state index contributed by atoms with van der Waals surface area (Å²) in [5.41, 5.74) is 3.06. The van der Waals surface area contributed by atoms with Gasteiger partial charge in [0.1, 0.15) is 5.75 Å². The van der Waals surface area contributed by atoms with Crippen LogP contribution in [0, 0.1) is 0 Å². The van der Waals surface area contributed by atoms with Gasteiger partial charge in [-0.2, -0.15) is 0 Å². The Morgan fingerprint density at radius 1 is 1.20 bits per heavy atom. The predicted octanol–water partition coefficient (Wildman–Crippen LogP) is 3.94. The van der Waals surface area contributed by atoms with Gasteiger partial charge in [-0.1, -0.05) is 43.3 Å². The smallest absolute Gasteiger partial charge is 0.303 e. The molecule has 0 bridgehead atoms. The van der Waals surface area contributed by atoms with Crippen LogP contribution >= 0.6 is 0 Å². The molecule has 3 nitrogen and oxygen atoms in total. The van der Waals surface area contributed by atoms with Crippen molar-refractivity contribution in [1.82, 2.24) is 0 Å². The van der Waals surface area contributed by atoms with Crippen LogP contribution in [0.2, 0.25) is 0 Å². The van der Waals surface area contributed by atoms with Crippen LogP contribution in [0.3, 0.4) is 0 Å². The van der Waals surface area contributed by atoms with Gasteiger partial charge in [0.05, 0.1) is 13.5 Å². The van der Waals surface area contributed by atoms with Gasteiger partial charge in [0, 0.05) is 5.56 Å². The maximum absolute atomic E-state index is 10.8. The molecular weight excluding hydrogens is 252 g/mol. The molecule has 2 aromatic carbocycles. The fourth-order valence-electron chi connectivity index (χ4n) is 2.26. The second-order valence-electron chi connectivity index (χ2n) is 4.82. The first-order valence-corrected chi connectivity index (χ1v) is 6.57. The number of carboxylic acid groups (broad SMARTS) is 1. The highest BCUT2D eigenvalue weighted by Crippen LogP contribution is 2.33. The number of benzene rings is 2. The van der Waals surface area contributed by atoms with Crippen LogP contribution in [0.25, 0.3) is 11.1 Å². The number of methoxy groups -OCH3 is 1. The summed E-state index contributed by atoms with van der Waals surface area (Å²) < 4.78 is 5.40. The number of ether oxygens (including phenoxy) is 1. The van der Waals surface area contributed by atoms with Gasteiger partial charge in [-0.25, -0.2) is 0 Å². The molecule has 104 valence electrons. The molecule has 20 heavy (non-hydrogen) atoms. The minimum absolute atomic E-state index is 0.0270. The first-order valence-electron chi connectivity index (χ1n) is 6.57. The van der Waals surface area contributed by atoms with Crippen LogP contribution in [0.4, 0.5) is 0 Å². The van der Waals surface area contributed by atoms with Crippen molar-refractivity contribution >= 4 is 5.97 Å². The molecule has 0 aliphatic carbocycles. The van der Waals surface area contributed by atoms with E-state index in [0.29, 0.717) is 0 Å². The van der Waals surface area contributed by atoms with Crippen molar-refractivity contribution in [2.45, 2.75) is 19.3 Å². The summed E-state index contributed by atoms with van der Waals surface area (Å²) in [7, 11) is 1.64. The van der Waals surface area contributed by atoms with Crippen molar-refractivity contribution in [2.24, 2.45) is 0 Å². The van der Waals surface area contributed by atoms with Gasteiger partial charge in [0.25, 0.3) is 0 Å². The molecule has 0 heterocycles. The Morgan fingerprint density at radius 3 is 2.50 bits per heavy atom. The van der Waals surface area contributed by atoms with E-state index in [1.165, 1.54) is 0 Å². The summed E-state index contributed by atoms with van der Waals surface area (Å²) in [6.07, 6.45) is 0.126. The van der Waals surface area contributed by atoms with E-state index in [4.69, 9.17) is 9.84 Å². The zero-order valence-corrected chi connectivity index (χ0v) is 11.7. The Labute approximate surface area is 118 Å². The number of carboxylic acids is 1. The van der Waals surface area contributed by atoms with Crippen LogP contribution in [-0.4, -0.2) is 18.2 Å². The van der Waals surface area contributed by atoms with Gasteiger partial charge in [-0.3, -0.25) is 4.79 Å². The molecule has 0 amide bonds. The summed E-state index contributed by atoms with van der Waals surface area (Å²) >= 11 is 0. The van der Waals surface area contributed by atoms with Crippen molar-refractivity contribution in [2.75, 3.05) is 7.11 Å². The topological polar surface area (TPSA) is 46.5 Å². The molecule has 3 heteroatoms. The predicted molar refractivity (Wildman–Crippen MR) is 79.1 cm³/mol. The Kier molecular flexibility index (Phi) is 4.41. The lowest BCUT2D eigenvalue weighted by molar-refractivity contribution is -0.137. The molecule has 0 spiro atoms. The molecule has 0 saturated heterocycles. The number of hydrogen-bond donors (Lipinski definition) is 1. The second-order valence-corrected chi connectivity index (χ2v) is 4.82. The molecule has 1 atom stereocenters. The standard InChI is InChI=1S/C17H18O3/c1-12(10-17(18)19)14-8-9-16(20-2)15(11-14)13-6-4-3-5-7-13/h3-9,11-12H,10H2,1-2H3,(H,18,19). The zero-order chi connectivity index (χ0) is 14.5. The fraction of sp³-hybridized carbons (Fsp3) is 0.235. The number of aliphatic carboxylic acids is 1. The van der Waals surface area contributed by atoms with Crippen molar-refractivity contribution in [3.63, 3.8) is 0 Å². The molecule has 0 fully saturated rings. The SMILES string of the molecule is COc1ccc(C(C)CC(=O)O)cc1-c1ccccc1. The molecule has 0 radical (unpaired) electrons.